The van der Waals surface area contributed by atoms with Gasteiger partial charge in [-0.3, -0.25) is 9.59 Å². The minimum absolute atomic E-state index is 0.0190. The van der Waals surface area contributed by atoms with Crippen molar-refractivity contribution >= 4 is 23.3 Å². The zero-order chi connectivity index (χ0) is 17.7. The van der Waals surface area contributed by atoms with Gasteiger partial charge in [-0.15, -0.1) is 0 Å². The van der Waals surface area contributed by atoms with Gasteiger partial charge >= 0.3 is 0 Å². The molecule has 0 bridgehead atoms. The maximum Gasteiger partial charge on any atom is 0.246 e. The van der Waals surface area contributed by atoms with Gasteiger partial charge in [0, 0.05) is 19.6 Å². The standard InChI is InChI=1S/C18H26N4O2/c1-5-17(24)21(4)12-16(23)20-15-10-13(2)18(19-11-15)22-9-7-6-8-14(22)3/h5,10-11,14H,1,6-9,12H2,2-4H3,(H,20,23). The van der Waals surface area contributed by atoms with Crippen molar-refractivity contribution in [1.82, 2.24) is 9.88 Å². The Hall–Kier alpha value is -2.37. The van der Waals surface area contributed by atoms with Crippen LogP contribution in [0.2, 0.25) is 0 Å². The predicted molar refractivity (Wildman–Crippen MR) is 96.1 cm³/mol. The molecule has 1 N–H and O–H groups in total. The van der Waals surface area contributed by atoms with Crippen LogP contribution in [0.25, 0.3) is 0 Å². The number of nitrogens with one attached hydrogen (secondary N) is 1. The van der Waals surface area contributed by atoms with Crippen LogP contribution >= 0.6 is 0 Å². The van der Waals surface area contributed by atoms with E-state index >= 15 is 0 Å². The summed E-state index contributed by atoms with van der Waals surface area (Å²) in [5.41, 5.74) is 1.68. The summed E-state index contributed by atoms with van der Waals surface area (Å²) in [6.07, 6.45) is 6.50. The summed E-state index contributed by atoms with van der Waals surface area (Å²) in [6.45, 7) is 8.64. The number of amides is 2. The molecule has 6 heteroatoms. The normalized spacial score (nSPS) is 17.3. The molecule has 1 saturated heterocycles. The molecule has 0 aromatic carbocycles. The first-order valence-corrected chi connectivity index (χ1v) is 8.33. The third kappa shape index (κ3) is 4.34. The zero-order valence-corrected chi connectivity index (χ0v) is 14.7. The third-order valence-electron chi connectivity index (χ3n) is 4.34. The molecule has 1 aromatic rings. The lowest BCUT2D eigenvalue weighted by Crippen LogP contribution is -2.38. The first-order chi connectivity index (χ1) is 11.4. The highest BCUT2D eigenvalue weighted by atomic mass is 16.2. The van der Waals surface area contributed by atoms with Gasteiger partial charge in [-0.05, 0) is 50.8 Å². The van der Waals surface area contributed by atoms with Gasteiger partial charge in [0.1, 0.15) is 5.82 Å². The molecule has 0 aliphatic carbocycles. The maximum atomic E-state index is 12.0. The van der Waals surface area contributed by atoms with Gasteiger partial charge in [0.2, 0.25) is 11.8 Å². The van der Waals surface area contributed by atoms with E-state index in [1.54, 1.807) is 13.2 Å². The van der Waals surface area contributed by atoms with Crippen LogP contribution in [0.1, 0.15) is 31.7 Å². The smallest absolute Gasteiger partial charge is 0.246 e. The van der Waals surface area contributed by atoms with Crippen molar-refractivity contribution in [1.29, 1.82) is 0 Å². The van der Waals surface area contributed by atoms with Crippen LogP contribution in [0.5, 0.6) is 0 Å². The summed E-state index contributed by atoms with van der Waals surface area (Å²) in [5, 5.41) is 2.79. The first kappa shape index (κ1) is 18.0. The summed E-state index contributed by atoms with van der Waals surface area (Å²) in [6, 6.07) is 2.42. The third-order valence-corrected chi connectivity index (χ3v) is 4.34. The second-order valence-electron chi connectivity index (χ2n) is 6.35. The fourth-order valence-electron chi connectivity index (χ4n) is 3.00. The highest BCUT2D eigenvalue weighted by molar-refractivity contribution is 5.96. The van der Waals surface area contributed by atoms with Crippen molar-refractivity contribution in [3.8, 4) is 0 Å². The Morgan fingerprint density at radius 1 is 1.50 bits per heavy atom. The van der Waals surface area contributed by atoms with Crippen molar-refractivity contribution in [2.24, 2.45) is 0 Å². The second-order valence-corrected chi connectivity index (χ2v) is 6.35. The number of anilines is 2. The summed E-state index contributed by atoms with van der Waals surface area (Å²) in [5.74, 6) is 0.445. The average Bonchev–Trinajstić information content (AvgIpc) is 2.55. The number of rotatable bonds is 5. The van der Waals surface area contributed by atoms with Crippen LogP contribution in [0.15, 0.2) is 24.9 Å². The Morgan fingerprint density at radius 3 is 2.88 bits per heavy atom. The SMILES string of the molecule is C=CC(=O)N(C)CC(=O)Nc1cnc(N2CCCCC2C)c(C)c1. The number of aromatic nitrogens is 1. The molecule has 1 aliphatic heterocycles. The van der Waals surface area contributed by atoms with E-state index in [1.807, 2.05) is 13.0 Å². The van der Waals surface area contributed by atoms with Crippen molar-refractivity contribution in [3.63, 3.8) is 0 Å². The van der Waals surface area contributed by atoms with Crippen LogP contribution in [-0.4, -0.2) is 47.9 Å². The highest BCUT2D eigenvalue weighted by Crippen LogP contribution is 2.27. The summed E-state index contributed by atoms with van der Waals surface area (Å²) < 4.78 is 0. The molecular weight excluding hydrogens is 304 g/mol. The van der Waals surface area contributed by atoms with Crippen molar-refractivity contribution in [2.75, 3.05) is 30.4 Å². The molecule has 130 valence electrons. The Bertz CT molecular complexity index is 629. The van der Waals surface area contributed by atoms with E-state index in [0.717, 1.165) is 17.9 Å². The molecule has 1 fully saturated rings. The molecule has 1 atom stereocenters. The van der Waals surface area contributed by atoms with Crippen molar-refractivity contribution < 1.29 is 9.59 Å². The van der Waals surface area contributed by atoms with Crippen molar-refractivity contribution in [2.45, 2.75) is 39.2 Å². The lowest BCUT2D eigenvalue weighted by atomic mass is 10.0. The number of hydrogen-bond acceptors (Lipinski definition) is 4. The van der Waals surface area contributed by atoms with Crippen molar-refractivity contribution in [3.05, 3.63) is 30.5 Å². The molecule has 24 heavy (non-hydrogen) atoms. The number of aryl methyl sites for hydroxylation is 1. The number of hydrogen-bond donors (Lipinski definition) is 1. The lowest BCUT2D eigenvalue weighted by Gasteiger charge is -2.35. The highest BCUT2D eigenvalue weighted by Gasteiger charge is 2.21. The summed E-state index contributed by atoms with van der Waals surface area (Å²) in [4.78, 5) is 31.6. The molecule has 1 unspecified atom stereocenters. The fraction of sp³-hybridized carbons (Fsp3) is 0.500. The van der Waals surface area contributed by atoms with Gasteiger partial charge in [0.05, 0.1) is 18.4 Å². The second kappa shape index (κ2) is 7.95. The molecule has 6 nitrogen and oxygen atoms in total. The number of pyridine rings is 1. The Labute approximate surface area is 143 Å². The topological polar surface area (TPSA) is 65.5 Å². The molecule has 2 rings (SSSR count). The van der Waals surface area contributed by atoms with Gasteiger partial charge in [0.15, 0.2) is 0 Å². The minimum Gasteiger partial charge on any atom is -0.354 e. The molecule has 0 saturated carbocycles. The van der Waals surface area contributed by atoms with Crippen LogP contribution in [0.3, 0.4) is 0 Å². The van der Waals surface area contributed by atoms with Gasteiger partial charge in [-0.25, -0.2) is 4.98 Å². The average molecular weight is 330 g/mol. The van der Waals surface area contributed by atoms with E-state index in [1.165, 1.54) is 30.2 Å². The summed E-state index contributed by atoms with van der Waals surface area (Å²) >= 11 is 0. The number of piperidine rings is 1. The largest absolute Gasteiger partial charge is 0.354 e. The van der Waals surface area contributed by atoms with E-state index in [-0.39, 0.29) is 18.4 Å². The van der Waals surface area contributed by atoms with Gasteiger partial charge in [-0.1, -0.05) is 6.58 Å². The Morgan fingerprint density at radius 2 is 2.25 bits per heavy atom. The van der Waals surface area contributed by atoms with Crippen LogP contribution in [0.4, 0.5) is 11.5 Å². The number of carbonyl (C=O) groups is 2. The molecular formula is C18H26N4O2. The van der Waals surface area contributed by atoms with E-state index in [0.29, 0.717) is 11.7 Å². The molecule has 2 heterocycles. The van der Waals surface area contributed by atoms with E-state index in [2.05, 4.69) is 28.7 Å². The number of nitrogens with zero attached hydrogens (tertiary/aromatic N) is 3. The van der Waals surface area contributed by atoms with Crippen LogP contribution in [0, 0.1) is 6.92 Å². The molecule has 1 aromatic heterocycles. The zero-order valence-electron chi connectivity index (χ0n) is 14.7. The van der Waals surface area contributed by atoms with Crippen LogP contribution < -0.4 is 10.2 Å². The van der Waals surface area contributed by atoms with E-state index < -0.39 is 0 Å². The Kier molecular flexibility index (Phi) is 5.95. The minimum atomic E-state index is -0.283. The monoisotopic (exact) mass is 330 g/mol. The maximum absolute atomic E-state index is 12.0. The van der Waals surface area contributed by atoms with Gasteiger partial charge in [-0.2, -0.15) is 0 Å². The number of likely N-dealkylation sites (N-methyl/N-ethyl adjacent to an activating group) is 1. The lowest BCUT2D eigenvalue weighted by molar-refractivity contribution is -0.129. The summed E-state index contributed by atoms with van der Waals surface area (Å²) in [7, 11) is 1.56. The van der Waals surface area contributed by atoms with E-state index in [4.69, 9.17) is 0 Å². The van der Waals surface area contributed by atoms with Gasteiger partial charge < -0.3 is 15.1 Å². The fourth-order valence-corrected chi connectivity index (χ4v) is 3.00. The first-order valence-electron chi connectivity index (χ1n) is 8.33. The van der Waals surface area contributed by atoms with E-state index in [9.17, 15) is 9.59 Å². The quantitative estimate of drug-likeness (QED) is 0.842. The molecule has 0 spiro atoms. The van der Waals surface area contributed by atoms with Gasteiger partial charge in [0.25, 0.3) is 0 Å². The van der Waals surface area contributed by atoms with Crippen LogP contribution in [-0.2, 0) is 9.59 Å². The number of carbonyl (C=O) groups excluding carboxylic acids is 2. The molecule has 2 amide bonds. The molecule has 1 aliphatic rings. The molecule has 0 radical (unpaired) electrons. The Balaban J connectivity index is 2.02. The predicted octanol–water partition coefficient (Wildman–Crippen LogP) is 2.35.